The van der Waals surface area contributed by atoms with Crippen molar-refractivity contribution in [3.05, 3.63) is 47.3 Å². The number of anilines is 2. The molecule has 0 bridgehead atoms. The molecule has 2 N–H and O–H groups in total. The number of nitrogens with one attached hydrogen (secondary N) is 2. The zero-order valence-corrected chi connectivity index (χ0v) is 17.7. The van der Waals surface area contributed by atoms with E-state index in [4.69, 9.17) is 4.74 Å². The molecule has 8 nitrogen and oxygen atoms in total. The molecule has 8 heteroatoms. The van der Waals surface area contributed by atoms with Gasteiger partial charge in [-0.2, -0.15) is 0 Å². The number of carbonyl (C=O) groups is 2. The fourth-order valence-corrected chi connectivity index (χ4v) is 4.09. The molecule has 0 saturated carbocycles. The van der Waals surface area contributed by atoms with E-state index in [9.17, 15) is 9.59 Å². The third-order valence-electron chi connectivity index (χ3n) is 5.97. The SMILES string of the molecule is CC(=O)N1c2ccc(C(=O)NC3COC3)cc2C(Nc2nccc(C)n2)C(C)C1C. The van der Waals surface area contributed by atoms with Crippen molar-refractivity contribution in [3.63, 3.8) is 0 Å². The van der Waals surface area contributed by atoms with E-state index < -0.39 is 0 Å². The van der Waals surface area contributed by atoms with Gasteiger partial charge in [0, 0.05) is 42.0 Å². The van der Waals surface area contributed by atoms with Crippen molar-refractivity contribution in [3.8, 4) is 0 Å². The summed E-state index contributed by atoms with van der Waals surface area (Å²) in [6, 6.07) is 7.22. The average molecular weight is 409 g/mol. The van der Waals surface area contributed by atoms with Gasteiger partial charge in [-0.25, -0.2) is 9.97 Å². The van der Waals surface area contributed by atoms with Crippen LogP contribution in [0, 0.1) is 12.8 Å². The summed E-state index contributed by atoms with van der Waals surface area (Å²) in [6.07, 6.45) is 1.72. The molecule has 158 valence electrons. The lowest BCUT2D eigenvalue weighted by Crippen LogP contribution is -2.49. The summed E-state index contributed by atoms with van der Waals surface area (Å²) in [5.41, 5.74) is 3.12. The Morgan fingerprint density at radius 2 is 1.97 bits per heavy atom. The van der Waals surface area contributed by atoms with Crippen molar-refractivity contribution in [2.75, 3.05) is 23.4 Å². The van der Waals surface area contributed by atoms with Gasteiger partial charge >= 0.3 is 0 Å². The van der Waals surface area contributed by atoms with Gasteiger partial charge in [-0.05, 0) is 43.7 Å². The molecule has 0 spiro atoms. The van der Waals surface area contributed by atoms with Crippen LogP contribution in [0.15, 0.2) is 30.5 Å². The maximum Gasteiger partial charge on any atom is 0.251 e. The van der Waals surface area contributed by atoms with Crippen molar-refractivity contribution in [2.45, 2.75) is 45.8 Å². The zero-order chi connectivity index (χ0) is 21.4. The van der Waals surface area contributed by atoms with Gasteiger partial charge < -0.3 is 20.3 Å². The molecule has 1 fully saturated rings. The molecule has 3 heterocycles. The molecule has 2 aromatic rings. The van der Waals surface area contributed by atoms with Gasteiger partial charge in [0.25, 0.3) is 5.91 Å². The number of carbonyl (C=O) groups excluding carboxylic acids is 2. The van der Waals surface area contributed by atoms with Crippen LogP contribution < -0.4 is 15.5 Å². The minimum atomic E-state index is -0.146. The Kier molecular flexibility index (Phi) is 5.42. The van der Waals surface area contributed by atoms with Gasteiger partial charge in [-0.3, -0.25) is 9.59 Å². The molecule has 3 atom stereocenters. The van der Waals surface area contributed by atoms with Gasteiger partial charge in [0.1, 0.15) is 0 Å². The lowest BCUT2D eigenvalue weighted by atomic mass is 9.82. The van der Waals surface area contributed by atoms with Crippen LogP contribution in [0.4, 0.5) is 11.6 Å². The Hall–Kier alpha value is -3.00. The Morgan fingerprint density at radius 1 is 1.20 bits per heavy atom. The fraction of sp³-hybridized carbons (Fsp3) is 0.455. The number of fused-ring (bicyclic) bond motifs is 1. The highest BCUT2D eigenvalue weighted by atomic mass is 16.5. The summed E-state index contributed by atoms with van der Waals surface area (Å²) in [6.45, 7) is 8.70. The number of hydrogen-bond acceptors (Lipinski definition) is 6. The molecule has 30 heavy (non-hydrogen) atoms. The van der Waals surface area contributed by atoms with E-state index >= 15 is 0 Å². The molecular formula is C22H27N5O3. The first kappa shape index (κ1) is 20.3. The molecular weight excluding hydrogens is 382 g/mol. The average Bonchev–Trinajstić information content (AvgIpc) is 2.67. The van der Waals surface area contributed by atoms with Crippen molar-refractivity contribution in [1.29, 1.82) is 0 Å². The molecule has 0 aliphatic carbocycles. The van der Waals surface area contributed by atoms with Gasteiger partial charge in [-0.1, -0.05) is 6.92 Å². The normalized spacial score (nSPS) is 23.3. The zero-order valence-electron chi connectivity index (χ0n) is 17.7. The Morgan fingerprint density at radius 3 is 2.60 bits per heavy atom. The summed E-state index contributed by atoms with van der Waals surface area (Å²) in [5, 5.41) is 6.41. The second-order valence-corrected chi connectivity index (χ2v) is 8.11. The summed E-state index contributed by atoms with van der Waals surface area (Å²) in [5.74, 6) is 0.439. The van der Waals surface area contributed by atoms with E-state index in [-0.39, 0.29) is 35.9 Å². The van der Waals surface area contributed by atoms with Crippen LogP contribution in [-0.2, 0) is 9.53 Å². The molecule has 2 aliphatic rings. The largest absolute Gasteiger partial charge is 0.377 e. The second-order valence-electron chi connectivity index (χ2n) is 8.11. The molecule has 3 unspecified atom stereocenters. The number of aromatic nitrogens is 2. The maximum absolute atomic E-state index is 12.7. The van der Waals surface area contributed by atoms with Gasteiger partial charge in [0.2, 0.25) is 11.9 Å². The van der Waals surface area contributed by atoms with Crippen LogP contribution in [0.5, 0.6) is 0 Å². The minimum absolute atomic E-state index is 0.0235. The van der Waals surface area contributed by atoms with Crippen molar-refractivity contribution >= 4 is 23.5 Å². The first-order valence-corrected chi connectivity index (χ1v) is 10.2. The monoisotopic (exact) mass is 409 g/mol. The number of hydrogen-bond donors (Lipinski definition) is 2. The number of benzene rings is 1. The highest BCUT2D eigenvalue weighted by Crippen LogP contribution is 2.42. The summed E-state index contributed by atoms with van der Waals surface area (Å²) in [4.78, 5) is 35.8. The molecule has 1 aromatic heterocycles. The third kappa shape index (κ3) is 3.75. The highest BCUT2D eigenvalue weighted by Gasteiger charge is 2.39. The molecule has 2 amide bonds. The van der Waals surface area contributed by atoms with E-state index in [0.29, 0.717) is 24.7 Å². The standard InChI is InChI=1S/C22H27N5O3/c1-12-7-8-23-22(24-12)26-20-13(2)14(3)27(15(4)28)19-6-5-16(9-18(19)20)21(29)25-17-10-30-11-17/h5-9,13-14,17,20H,10-11H2,1-4H3,(H,25,29)(H,23,24,26). The predicted octanol–water partition coefficient (Wildman–Crippen LogP) is 2.46. The first-order valence-electron chi connectivity index (χ1n) is 10.2. The number of rotatable bonds is 4. The minimum Gasteiger partial charge on any atom is -0.377 e. The highest BCUT2D eigenvalue weighted by molar-refractivity contribution is 5.98. The van der Waals surface area contributed by atoms with Gasteiger partial charge in [-0.15, -0.1) is 0 Å². The first-order chi connectivity index (χ1) is 14.3. The topological polar surface area (TPSA) is 96.5 Å². The summed E-state index contributed by atoms with van der Waals surface area (Å²) < 4.78 is 5.14. The van der Waals surface area contributed by atoms with Crippen LogP contribution in [0.3, 0.4) is 0 Å². The molecule has 1 saturated heterocycles. The summed E-state index contributed by atoms with van der Waals surface area (Å²) >= 11 is 0. The van der Waals surface area contributed by atoms with E-state index in [2.05, 4.69) is 27.5 Å². The van der Waals surface area contributed by atoms with Crippen LogP contribution in [0.25, 0.3) is 0 Å². The van der Waals surface area contributed by atoms with Crippen molar-refractivity contribution in [2.24, 2.45) is 5.92 Å². The second kappa shape index (κ2) is 8.02. The molecule has 4 rings (SSSR count). The number of ether oxygens (including phenoxy) is 1. The lowest BCUT2D eigenvalue weighted by Gasteiger charge is -2.44. The van der Waals surface area contributed by atoms with Crippen LogP contribution >= 0.6 is 0 Å². The summed E-state index contributed by atoms with van der Waals surface area (Å²) in [7, 11) is 0. The molecule has 2 aliphatic heterocycles. The third-order valence-corrected chi connectivity index (χ3v) is 5.97. The van der Waals surface area contributed by atoms with E-state index in [1.807, 2.05) is 32.0 Å². The number of amides is 2. The van der Waals surface area contributed by atoms with E-state index in [0.717, 1.165) is 16.9 Å². The Balaban J connectivity index is 1.73. The van der Waals surface area contributed by atoms with Crippen LogP contribution in [0.1, 0.15) is 48.4 Å². The quantitative estimate of drug-likeness (QED) is 0.805. The Labute approximate surface area is 176 Å². The van der Waals surface area contributed by atoms with E-state index in [1.165, 1.54) is 0 Å². The van der Waals surface area contributed by atoms with Gasteiger partial charge in [0.05, 0.1) is 25.3 Å². The smallest absolute Gasteiger partial charge is 0.251 e. The van der Waals surface area contributed by atoms with Crippen LogP contribution in [0.2, 0.25) is 0 Å². The lowest BCUT2D eigenvalue weighted by molar-refractivity contribution is -0.117. The maximum atomic E-state index is 12.7. The van der Waals surface area contributed by atoms with Crippen molar-refractivity contribution < 1.29 is 14.3 Å². The molecule has 0 radical (unpaired) electrons. The predicted molar refractivity (Wildman–Crippen MR) is 113 cm³/mol. The molecule has 1 aromatic carbocycles. The fourth-order valence-electron chi connectivity index (χ4n) is 4.09. The number of aryl methyl sites for hydroxylation is 1. The van der Waals surface area contributed by atoms with Crippen molar-refractivity contribution in [1.82, 2.24) is 15.3 Å². The Bertz CT molecular complexity index is 975. The number of nitrogens with zero attached hydrogens (tertiary/aromatic N) is 3. The van der Waals surface area contributed by atoms with Gasteiger partial charge in [0.15, 0.2) is 0 Å². The van der Waals surface area contributed by atoms with E-state index in [1.54, 1.807) is 24.1 Å². The van der Waals surface area contributed by atoms with Crippen LogP contribution in [-0.4, -0.2) is 47.1 Å².